The molecule has 0 amide bonds. The SMILES string of the molecule is Cc1oc(-c2ccco2)nc1COc1ccc(CCl)cc1. The average molecular weight is 304 g/mol. The van der Waals surface area contributed by atoms with Crippen LogP contribution in [0, 0.1) is 6.92 Å². The number of aromatic nitrogens is 1. The van der Waals surface area contributed by atoms with Crippen LogP contribution in [0.5, 0.6) is 5.75 Å². The van der Waals surface area contributed by atoms with Crippen LogP contribution in [0.3, 0.4) is 0 Å². The number of hydrogen-bond acceptors (Lipinski definition) is 4. The van der Waals surface area contributed by atoms with E-state index in [9.17, 15) is 0 Å². The lowest BCUT2D eigenvalue weighted by Crippen LogP contribution is -1.97. The van der Waals surface area contributed by atoms with Crippen molar-refractivity contribution in [3.63, 3.8) is 0 Å². The molecule has 1 aromatic carbocycles. The van der Waals surface area contributed by atoms with Gasteiger partial charge in [0.05, 0.1) is 6.26 Å². The minimum Gasteiger partial charge on any atom is -0.487 e. The van der Waals surface area contributed by atoms with Gasteiger partial charge >= 0.3 is 0 Å². The number of oxazole rings is 1. The highest BCUT2D eigenvalue weighted by atomic mass is 35.5. The Kier molecular flexibility index (Phi) is 3.97. The molecule has 4 nitrogen and oxygen atoms in total. The maximum absolute atomic E-state index is 5.75. The Morgan fingerprint density at radius 3 is 2.67 bits per heavy atom. The molecule has 0 fully saturated rings. The molecule has 0 aliphatic heterocycles. The molecule has 5 heteroatoms. The van der Waals surface area contributed by atoms with Crippen molar-refractivity contribution >= 4 is 11.6 Å². The highest BCUT2D eigenvalue weighted by molar-refractivity contribution is 6.17. The fourth-order valence-electron chi connectivity index (χ4n) is 1.89. The Labute approximate surface area is 127 Å². The van der Waals surface area contributed by atoms with Crippen molar-refractivity contribution in [1.29, 1.82) is 0 Å². The maximum atomic E-state index is 5.75. The molecule has 2 heterocycles. The molecule has 2 aromatic heterocycles. The normalized spacial score (nSPS) is 10.8. The number of furan rings is 1. The number of alkyl halides is 1. The molecular formula is C16H14ClNO3. The molecule has 0 aliphatic rings. The summed E-state index contributed by atoms with van der Waals surface area (Å²) in [6.07, 6.45) is 1.59. The lowest BCUT2D eigenvalue weighted by atomic mass is 10.2. The number of benzene rings is 1. The van der Waals surface area contributed by atoms with E-state index in [1.54, 1.807) is 18.4 Å². The van der Waals surface area contributed by atoms with Crippen molar-refractivity contribution in [2.75, 3.05) is 0 Å². The van der Waals surface area contributed by atoms with E-state index in [-0.39, 0.29) is 0 Å². The topological polar surface area (TPSA) is 48.4 Å². The zero-order chi connectivity index (χ0) is 14.7. The lowest BCUT2D eigenvalue weighted by Gasteiger charge is -2.04. The Balaban J connectivity index is 1.70. The highest BCUT2D eigenvalue weighted by Crippen LogP contribution is 2.23. The van der Waals surface area contributed by atoms with Crippen LogP contribution >= 0.6 is 11.6 Å². The van der Waals surface area contributed by atoms with Gasteiger partial charge in [0, 0.05) is 5.88 Å². The summed E-state index contributed by atoms with van der Waals surface area (Å²) in [5.74, 6) is 3.06. The Morgan fingerprint density at radius 1 is 1.19 bits per heavy atom. The first-order valence-electron chi connectivity index (χ1n) is 6.54. The van der Waals surface area contributed by atoms with Crippen LogP contribution in [0.25, 0.3) is 11.7 Å². The number of nitrogens with zero attached hydrogens (tertiary/aromatic N) is 1. The van der Waals surface area contributed by atoms with Crippen molar-refractivity contribution in [2.24, 2.45) is 0 Å². The van der Waals surface area contributed by atoms with Crippen LogP contribution in [0.4, 0.5) is 0 Å². The van der Waals surface area contributed by atoms with Gasteiger partial charge in [-0.15, -0.1) is 11.6 Å². The molecule has 3 rings (SSSR count). The van der Waals surface area contributed by atoms with Gasteiger partial charge in [0.2, 0.25) is 0 Å². The monoisotopic (exact) mass is 303 g/mol. The maximum Gasteiger partial charge on any atom is 0.263 e. The molecule has 0 N–H and O–H groups in total. The second kappa shape index (κ2) is 6.06. The molecule has 0 aliphatic carbocycles. The number of halogens is 1. The standard InChI is InChI=1S/C16H14ClNO3/c1-11-14(18-16(21-11)15-3-2-8-19-15)10-20-13-6-4-12(9-17)5-7-13/h2-8H,9-10H2,1H3. The summed E-state index contributed by atoms with van der Waals surface area (Å²) in [6, 6.07) is 11.3. The van der Waals surface area contributed by atoms with Gasteiger partial charge in [-0.25, -0.2) is 4.98 Å². The molecule has 0 bridgehead atoms. The minimum absolute atomic E-state index is 0.344. The van der Waals surface area contributed by atoms with E-state index in [0.29, 0.717) is 24.1 Å². The third kappa shape index (κ3) is 3.11. The number of rotatable bonds is 5. The van der Waals surface area contributed by atoms with Gasteiger partial charge in [-0.2, -0.15) is 0 Å². The fourth-order valence-corrected chi connectivity index (χ4v) is 2.07. The molecule has 3 aromatic rings. The fraction of sp³-hybridized carbons (Fsp3) is 0.188. The first kappa shape index (κ1) is 13.8. The molecule has 0 radical (unpaired) electrons. The van der Waals surface area contributed by atoms with Crippen molar-refractivity contribution < 1.29 is 13.6 Å². The van der Waals surface area contributed by atoms with Gasteiger partial charge in [0.1, 0.15) is 23.8 Å². The summed E-state index contributed by atoms with van der Waals surface area (Å²) in [7, 11) is 0. The van der Waals surface area contributed by atoms with Crippen LogP contribution in [0.1, 0.15) is 17.0 Å². The van der Waals surface area contributed by atoms with Crippen LogP contribution in [0.15, 0.2) is 51.5 Å². The first-order valence-corrected chi connectivity index (χ1v) is 7.07. The molecule has 108 valence electrons. The van der Waals surface area contributed by atoms with Gasteiger partial charge in [-0.05, 0) is 36.8 Å². The number of ether oxygens (including phenoxy) is 1. The summed E-state index contributed by atoms with van der Waals surface area (Å²) in [4.78, 5) is 4.39. The quantitative estimate of drug-likeness (QED) is 0.648. The Bertz CT molecular complexity index is 702. The van der Waals surface area contributed by atoms with Crippen molar-refractivity contribution in [2.45, 2.75) is 19.4 Å². The number of aryl methyl sites for hydroxylation is 1. The largest absolute Gasteiger partial charge is 0.487 e. The van der Waals surface area contributed by atoms with Gasteiger partial charge in [-0.3, -0.25) is 0 Å². The summed E-state index contributed by atoms with van der Waals surface area (Å²) < 4.78 is 16.6. The second-order valence-electron chi connectivity index (χ2n) is 4.57. The third-order valence-electron chi connectivity index (χ3n) is 3.08. The van der Waals surface area contributed by atoms with Gasteiger partial charge in [-0.1, -0.05) is 12.1 Å². The smallest absolute Gasteiger partial charge is 0.263 e. The average Bonchev–Trinajstić information content (AvgIpc) is 3.15. The van der Waals surface area contributed by atoms with E-state index in [0.717, 1.165) is 22.8 Å². The van der Waals surface area contributed by atoms with Crippen molar-refractivity contribution in [3.05, 3.63) is 59.7 Å². The van der Waals surface area contributed by atoms with Crippen LogP contribution in [-0.4, -0.2) is 4.98 Å². The summed E-state index contributed by atoms with van der Waals surface area (Å²) in [6.45, 7) is 2.20. The summed E-state index contributed by atoms with van der Waals surface area (Å²) in [5, 5.41) is 0. The van der Waals surface area contributed by atoms with Gasteiger partial charge in [0.15, 0.2) is 5.76 Å². The molecule has 0 spiro atoms. The second-order valence-corrected chi connectivity index (χ2v) is 4.83. The molecule has 0 atom stereocenters. The number of hydrogen-bond donors (Lipinski definition) is 0. The zero-order valence-corrected chi connectivity index (χ0v) is 12.3. The van der Waals surface area contributed by atoms with Crippen molar-refractivity contribution in [3.8, 4) is 17.4 Å². The Morgan fingerprint density at radius 2 is 2.00 bits per heavy atom. The lowest BCUT2D eigenvalue weighted by molar-refractivity contribution is 0.299. The van der Waals surface area contributed by atoms with Gasteiger partial charge < -0.3 is 13.6 Å². The highest BCUT2D eigenvalue weighted by Gasteiger charge is 2.13. The van der Waals surface area contributed by atoms with Crippen LogP contribution < -0.4 is 4.74 Å². The Hall–Kier alpha value is -2.20. The predicted octanol–water partition coefficient (Wildman–Crippen LogP) is 4.56. The molecule has 21 heavy (non-hydrogen) atoms. The van der Waals surface area contributed by atoms with E-state index in [4.69, 9.17) is 25.2 Å². The zero-order valence-electron chi connectivity index (χ0n) is 11.5. The molecule has 0 saturated heterocycles. The van der Waals surface area contributed by atoms with E-state index >= 15 is 0 Å². The first-order chi connectivity index (χ1) is 10.3. The predicted molar refractivity (Wildman–Crippen MR) is 79.3 cm³/mol. The van der Waals surface area contributed by atoms with E-state index in [1.165, 1.54) is 0 Å². The van der Waals surface area contributed by atoms with Gasteiger partial charge in [0.25, 0.3) is 5.89 Å². The summed E-state index contributed by atoms with van der Waals surface area (Å²) in [5.41, 5.74) is 1.81. The molecular weight excluding hydrogens is 290 g/mol. The van der Waals surface area contributed by atoms with E-state index in [1.807, 2.05) is 31.2 Å². The molecule has 0 unspecified atom stereocenters. The van der Waals surface area contributed by atoms with Crippen LogP contribution in [0.2, 0.25) is 0 Å². The minimum atomic E-state index is 0.344. The van der Waals surface area contributed by atoms with Crippen molar-refractivity contribution in [1.82, 2.24) is 4.98 Å². The molecule has 0 saturated carbocycles. The third-order valence-corrected chi connectivity index (χ3v) is 3.39. The van der Waals surface area contributed by atoms with E-state index in [2.05, 4.69) is 4.98 Å². The summed E-state index contributed by atoms with van der Waals surface area (Å²) >= 11 is 5.75. The van der Waals surface area contributed by atoms with Crippen LogP contribution in [-0.2, 0) is 12.5 Å². The van der Waals surface area contributed by atoms with E-state index < -0.39 is 0 Å².